The molecule has 2 aromatic heterocycles. The number of halogens is 1. The van der Waals surface area contributed by atoms with Crippen LogP contribution in [-0.2, 0) is 18.9 Å². The monoisotopic (exact) mass is 486 g/mol. The van der Waals surface area contributed by atoms with Crippen LogP contribution in [0.15, 0.2) is 24.5 Å². The molecule has 2 unspecified atom stereocenters. The number of aromatic nitrogens is 4. The number of anilines is 2. The van der Waals surface area contributed by atoms with Crippen LogP contribution in [0.25, 0.3) is 0 Å². The van der Waals surface area contributed by atoms with Crippen molar-refractivity contribution in [2.75, 3.05) is 37.9 Å². The van der Waals surface area contributed by atoms with Crippen molar-refractivity contribution >= 4 is 23.5 Å². The average Bonchev–Trinajstić information content (AvgIpc) is 3.27. The Labute approximate surface area is 197 Å². The van der Waals surface area contributed by atoms with Gasteiger partial charge in [0.1, 0.15) is 24.0 Å². The molecule has 0 saturated carbocycles. The second kappa shape index (κ2) is 12.2. The molecule has 184 valence electrons. The number of hydrogen-bond donors (Lipinski definition) is 3. The molecule has 4 heterocycles. The summed E-state index contributed by atoms with van der Waals surface area (Å²) in [4.78, 5) is 14.9. The number of rotatable bonds is 4. The van der Waals surface area contributed by atoms with Gasteiger partial charge in [-0.2, -0.15) is 4.98 Å². The van der Waals surface area contributed by atoms with Gasteiger partial charge in [0.2, 0.25) is 17.8 Å². The van der Waals surface area contributed by atoms with Crippen LogP contribution in [0.1, 0.15) is 27.7 Å². The molecule has 0 spiro atoms. The summed E-state index contributed by atoms with van der Waals surface area (Å²) in [5, 5.41) is 8.97. The van der Waals surface area contributed by atoms with E-state index in [-0.39, 0.29) is 30.7 Å². The van der Waals surface area contributed by atoms with Gasteiger partial charge in [-0.3, -0.25) is 0 Å². The van der Waals surface area contributed by atoms with E-state index in [2.05, 4.69) is 19.9 Å². The highest BCUT2D eigenvalue weighted by Gasteiger charge is 2.33. The normalized spacial score (nSPS) is 22.5. The molecule has 0 amide bonds. The van der Waals surface area contributed by atoms with Crippen molar-refractivity contribution in [2.24, 2.45) is 0 Å². The summed E-state index contributed by atoms with van der Waals surface area (Å²) in [6.07, 6.45) is 2.85. The Bertz CT molecular complexity index is 857. The summed E-state index contributed by atoms with van der Waals surface area (Å²) in [5.41, 5.74) is 10.6. The summed E-state index contributed by atoms with van der Waals surface area (Å²) in [5.74, 6) is -0.175. The van der Waals surface area contributed by atoms with Crippen molar-refractivity contribution in [1.82, 2.24) is 19.9 Å². The highest BCUT2D eigenvalue weighted by atomic mass is 35.5. The van der Waals surface area contributed by atoms with E-state index >= 15 is 0 Å². The lowest BCUT2D eigenvalue weighted by Gasteiger charge is -2.17. The smallest absolute Gasteiger partial charge is 0.223 e. The van der Waals surface area contributed by atoms with E-state index in [0.717, 1.165) is 0 Å². The maximum Gasteiger partial charge on any atom is 0.223 e. The van der Waals surface area contributed by atoms with E-state index in [1.807, 2.05) is 27.7 Å². The minimum Gasteiger partial charge on any atom is -0.475 e. The quantitative estimate of drug-likeness (QED) is 0.532. The number of aliphatic hydroxyl groups excluding tert-OH is 1. The fourth-order valence-corrected chi connectivity index (χ4v) is 2.81. The minimum atomic E-state index is -0.529. The minimum absolute atomic E-state index is 0.0451. The first-order chi connectivity index (χ1) is 15.5. The number of nitrogens with zero attached hydrogens (tertiary/aromatic N) is 4. The third-order valence-corrected chi connectivity index (χ3v) is 4.25. The Kier molecular flexibility index (Phi) is 9.95. The fourth-order valence-electron chi connectivity index (χ4n) is 2.66. The van der Waals surface area contributed by atoms with Gasteiger partial charge in [-0.05, 0) is 33.8 Å². The van der Waals surface area contributed by atoms with Crippen LogP contribution in [0.5, 0.6) is 5.88 Å². The number of nitrogen functional groups attached to an aromatic ring is 2. The molecule has 5 N–H and O–H groups in total. The summed E-state index contributed by atoms with van der Waals surface area (Å²) >= 11 is 5.41. The Balaban J connectivity index is 0.000000192. The van der Waals surface area contributed by atoms with E-state index in [0.29, 0.717) is 30.9 Å². The Hall–Kier alpha value is -2.35. The van der Waals surface area contributed by atoms with Crippen LogP contribution in [0.3, 0.4) is 0 Å². The van der Waals surface area contributed by atoms with Gasteiger partial charge in [0.15, 0.2) is 11.6 Å². The van der Waals surface area contributed by atoms with E-state index in [9.17, 15) is 0 Å². The first-order valence-corrected chi connectivity index (χ1v) is 10.6. The number of aliphatic hydroxyl groups is 1. The Morgan fingerprint density at radius 3 is 1.91 bits per heavy atom. The molecule has 2 aliphatic rings. The van der Waals surface area contributed by atoms with E-state index in [4.69, 9.17) is 51.9 Å². The molecule has 2 aromatic rings. The topological polar surface area (TPSA) is 170 Å². The first kappa shape index (κ1) is 26.9. The molecule has 2 aliphatic heterocycles. The molecule has 0 radical (unpaired) electrons. The van der Waals surface area contributed by atoms with Crippen LogP contribution < -0.4 is 16.2 Å². The zero-order valence-electron chi connectivity index (χ0n) is 19.1. The molecule has 0 bridgehead atoms. The fraction of sp³-hybridized carbons (Fsp3) is 0.600. The number of hydrogen-bond acceptors (Lipinski definition) is 12. The van der Waals surface area contributed by atoms with Gasteiger partial charge >= 0.3 is 0 Å². The molecule has 33 heavy (non-hydrogen) atoms. The Morgan fingerprint density at radius 2 is 1.52 bits per heavy atom. The van der Waals surface area contributed by atoms with Crippen LogP contribution in [0.2, 0.25) is 5.15 Å². The van der Waals surface area contributed by atoms with Gasteiger partial charge in [-0.25, -0.2) is 15.0 Å². The van der Waals surface area contributed by atoms with Gasteiger partial charge in [-0.1, -0.05) is 11.6 Å². The van der Waals surface area contributed by atoms with Crippen molar-refractivity contribution in [3.05, 3.63) is 29.7 Å². The van der Waals surface area contributed by atoms with Gasteiger partial charge in [0.25, 0.3) is 0 Å². The Morgan fingerprint density at radius 1 is 0.970 bits per heavy atom. The predicted molar refractivity (Wildman–Crippen MR) is 120 cm³/mol. The maximum absolute atomic E-state index is 8.59. The van der Waals surface area contributed by atoms with Gasteiger partial charge in [0.05, 0.1) is 19.8 Å². The lowest BCUT2D eigenvalue weighted by Crippen LogP contribution is -2.25. The maximum atomic E-state index is 8.59. The van der Waals surface area contributed by atoms with E-state index < -0.39 is 11.6 Å². The van der Waals surface area contributed by atoms with Gasteiger partial charge < -0.3 is 40.3 Å². The molecular formula is C20H31ClN6O6. The molecule has 0 aliphatic carbocycles. The van der Waals surface area contributed by atoms with Crippen molar-refractivity contribution < 1.29 is 28.8 Å². The lowest BCUT2D eigenvalue weighted by molar-refractivity contribution is -0.142. The van der Waals surface area contributed by atoms with Crippen molar-refractivity contribution in [1.29, 1.82) is 0 Å². The molecule has 2 fully saturated rings. The first-order valence-electron chi connectivity index (χ1n) is 10.2. The second-order valence-electron chi connectivity index (χ2n) is 7.89. The number of ether oxygens (including phenoxy) is 5. The molecule has 0 aromatic carbocycles. The summed E-state index contributed by atoms with van der Waals surface area (Å²) < 4.78 is 26.8. The van der Waals surface area contributed by atoms with Crippen LogP contribution in [-0.4, -0.2) is 75.3 Å². The summed E-state index contributed by atoms with van der Waals surface area (Å²) in [6, 6.07) is 3.22. The highest BCUT2D eigenvalue weighted by Crippen LogP contribution is 2.23. The van der Waals surface area contributed by atoms with Gasteiger partial charge in [0, 0.05) is 18.5 Å². The summed E-state index contributed by atoms with van der Waals surface area (Å²) in [6.45, 7) is 8.87. The van der Waals surface area contributed by atoms with Crippen LogP contribution in [0, 0.1) is 0 Å². The zero-order valence-corrected chi connectivity index (χ0v) is 19.9. The molecular weight excluding hydrogens is 456 g/mol. The third kappa shape index (κ3) is 10.4. The van der Waals surface area contributed by atoms with E-state index in [1.54, 1.807) is 18.3 Å². The average molecular weight is 487 g/mol. The van der Waals surface area contributed by atoms with Crippen molar-refractivity contribution in [3.8, 4) is 5.88 Å². The standard InChI is InChI=1S/C10H15N3O3.C6H12O3.C4H4ClN3/c1-10(2)15-6-7(16-10)5-14-8-3-4-12-9(11)13-8;1-6(2)8-4-5(3-7)9-6;5-3-1-2-7-4(6)8-3/h3-4,7H,5-6H2,1-2H3,(H2,11,12,13);5,7H,3-4H2,1-2H3;1-2H,(H2,6,7,8). The molecule has 2 saturated heterocycles. The van der Waals surface area contributed by atoms with Crippen LogP contribution >= 0.6 is 11.6 Å². The third-order valence-electron chi connectivity index (χ3n) is 4.04. The summed E-state index contributed by atoms with van der Waals surface area (Å²) in [7, 11) is 0. The zero-order chi connectivity index (χ0) is 24.5. The lowest BCUT2D eigenvalue weighted by atomic mass is 10.4. The molecule has 4 rings (SSSR count). The highest BCUT2D eigenvalue weighted by molar-refractivity contribution is 6.29. The second-order valence-corrected chi connectivity index (χ2v) is 8.27. The predicted octanol–water partition coefficient (Wildman–Crippen LogP) is 1.43. The largest absolute Gasteiger partial charge is 0.475 e. The van der Waals surface area contributed by atoms with Crippen molar-refractivity contribution in [2.45, 2.75) is 51.5 Å². The van der Waals surface area contributed by atoms with E-state index in [1.165, 1.54) is 6.20 Å². The molecule has 13 heteroatoms. The molecule has 2 atom stereocenters. The SMILES string of the molecule is CC1(C)OCC(CO)O1.CC1(C)OCC(COc2ccnc(N)n2)O1.Nc1nccc(Cl)n1. The van der Waals surface area contributed by atoms with Crippen LogP contribution in [0.4, 0.5) is 11.9 Å². The van der Waals surface area contributed by atoms with Gasteiger partial charge in [-0.15, -0.1) is 0 Å². The number of nitrogens with two attached hydrogens (primary N) is 2. The molecule has 12 nitrogen and oxygen atoms in total. The van der Waals surface area contributed by atoms with Crippen molar-refractivity contribution in [3.63, 3.8) is 0 Å².